The summed E-state index contributed by atoms with van der Waals surface area (Å²) in [6, 6.07) is 7.91. The molecule has 0 radical (unpaired) electrons. The molecule has 7 heteroatoms. The summed E-state index contributed by atoms with van der Waals surface area (Å²) < 4.78 is 5.42. The summed E-state index contributed by atoms with van der Waals surface area (Å²) in [6.45, 7) is 1.79. The lowest BCUT2D eigenvalue weighted by molar-refractivity contribution is -0.385. The topological polar surface area (TPSA) is 103 Å². The highest BCUT2D eigenvalue weighted by atomic mass is 16.6. The molecule has 2 aromatic rings. The minimum absolute atomic E-state index is 0.183. The third-order valence-electron chi connectivity index (χ3n) is 2.58. The molecule has 20 heavy (non-hydrogen) atoms. The molecule has 0 aliphatic heterocycles. The number of nitrogens with zero attached hydrogens (tertiary/aromatic N) is 2. The van der Waals surface area contributed by atoms with E-state index in [2.05, 4.69) is 4.98 Å². The van der Waals surface area contributed by atoms with Crippen LogP contribution in [-0.4, -0.2) is 21.0 Å². The van der Waals surface area contributed by atoms with E-state index >= 15 is 0 Å². The Morgan fingerprint density at radius 1 is 1.40 bits per heavy atom. The van der Waals surface area contributed by atoms with Gasteiger partial charge in [0.1, 0.15) is 17.5 Å². The third kappa shape index (κ3) is 2.72. The largest absolute Gasteiger partial charge is 0.477 e. The standard InChI is InChI=1S/C13H10N2O5/c1-8-4-2-3-5-11(8)20-12-10(13(16)17)6-9(7-14-12)15(18)19/h2-7H,1H3,(H,16,17). The number of benzene rings is 1. The minimum atomic E-state index is -1.34. The van der Waals surface area contributed by atoms with Crippen molar-refractivity contribution in [3.05, 3.63) is 57.8 Å². The van der Waals surface area contributed by atoms with Gasteiger partial charge in [0.15, 0.2) is 0 Å². The Hall–Kier alpha value is -2.96. The van der Waals surface area contributed by atoms with Gasteiger partial charge in [0.2, 0.25) is 5.88 Å². The summed E-state index contributed by atoms with van der Waals surface area (Å²) in [4.78, 5) is 24.8. The van der Waals surface area contributed by atoms with E-state index in [-0.39, 0.29) is 11.4 Å². The van der Waals surface area contributed by atoms with Crippen molar-refractivity contribution in [2.75, 3.05) is 0 Å². The number of aromatic carboxylic acids is 1. The van der Waals surface area contributed by atoms with Crippen LogP contribution in [0.25, 0.3) is 0 Å². The van der Waals surface area contributed by atoms with Gasteiger partial charge < -0.3 is 9.84 Å². The first-order chi connectivity index (χ1) is 9.49. The van der Waals surface area contributed by atoms with Crippen LogP contribution in [0.4, 0.5) is 5.69 Å². The van der Waals surface area contributed by atoms with Gasteiger partial charge in [-0.2, -0.15) is 0 Å². The Labute approximate surface area is 113 Å². The highest BCUT2D eigenvalue weighted by Crippen LogP contribution is 2.28. The summed E-state index contributed by atoms with van der Waals surface area (Å²) in [7, 11) is 0. The van der Waals surface area contributed by atoms with Gasteiger partial charge in [-0.15, -0.1) is 0 Å². The van der Waals surface area contributed by atoms with Crippen molar-refractivity contribution in [3.8, 4) is 11.6 Å². The molecule has 0 amide bonds. The van der Waals surface area contributed by atoms with E-state index < -0.39 is 16.6 Å². The van der Waals surface area contributed by atoms with Gasteiger partial charge in [-0.1, -0.05) is 18.2 Å². The predicted octanol–water partition coefficient (Wildman–Crippen LogP) is 2.79. The van der Waals surface area contributed by atoms with Gasteiger partial charge in [0, 0.05) is 6.07 Å². The molecular formula is C13H10N2O5. The number of carboxylic acid groups (broad SMARTS) is 1. The summed E-state index contributed by atoms with van der Waals surface area (Å²) in [6.07, 6.45) is 0.958. The number of aryl methyl sites for hydroxylation is 1. The molecule has 0 aliphatic carbocycles. The highest BCUT2D eigenvalue weighted by Gasteiger charge is 2.19. The summed E-state index contributed by atoms with van der Waals surface area (Å²) in [5.74, 6) is -1.08. The second-order valence-corrected chi connectivity index (χ2v) is 3.98. The Morgan fingerprint density at radius 2 is 2.10 bits per heavy atom. The van der Waals surface area contributed by atoms with E-state index in [4.69, 9.17) is 9.84 Å². The lowest BCUT2D eigenvalue weighted by Crippen LogP contribution is -2.04. The first kappa shape index (κ1) is 13.5. The SMILES string of the molecule is Cc1ccccc1Oc1ncc([N+](=O)[O-])cc1C(=O)O. The van der Waals surface area contributed by atoms with Crippen molar-refractivity contribution in [1.29, 1.82) is 0 Å². The fourth-order valence-corrected chi connectivity index (χ4v) is 1.55. The van der Waals surface area contributed by atoms with Gasteiger partial charge in [0.25, 0.3) is 5.69 Å². The van der Waals surface area contributed by atoms with Crippen LogP contribution in [0.3, 0.4) is 0 Å². The Morgan fingerprint density at radius 3 is 2.70 bits per heavy atom. The molecule has 1 aromatic heterocycles. The number of ether oxygens (including phenoxy) is 1. The van der Waals surface area contributed by atoms with E-state index in [1.165, 1.54) is 0 Å². The van der Waals surface area contributed by atoms with Crippen LogP contribution in [0, 0.1) is 17.0 Å². The molecule has 0 atom stereocenters. The van der Waals surface area contributed by atoms with Crippen LogP contribution in [0.2, 0.25) is 0 Å². The average molecular weight is 274 g/mol. The Bertz CT molecular complexity index is 684. The van der Waals surface area contributed by atoms with Crippen LogP contribution in [0.1, 0.15) is 15.9 Å². The average Bonchev–Trinajstić information content (AvgIpc) is 2.41. The zero-order valence-electron chi connectivity index (χ0n) is 10.4. The van der Waals surface area contributed by atoms with Gasteiger partial charge in [-0.05, 0) is 18.6 Å². The van der Waals surface area contributed by atoms with Crippen molar-refractivity contribution in [2.45, 2.75) is 6.92 Å². The van der Waals surface area contributed by atoms with Crippen LogP contribution in [-0.2, 0) is 0 Å². The first-order valence-electron chi connectivity index (χ1n) is 5.60. The first-order valence-corrected chi connectivity index (χ1v) is 5.60. The molecule has 1 heterocycles. The predicted molar refractivity (Wildman–Crippen MR) is 69.1 cm³/mol. The van der Waals surface area contributed by atoms with Crippen molar-refractivity contribution < 1.29 is 19.6 Å². The van der Waals surface area contributed by atoms with E-state index in [0.29, 0.717) is 5.75 Å². The summed E-state index contributed by atoms with van der Waals surface area (Å²) in [5.41, 5.74) is 0.0333. The number of hydrogen-bond acceptors (Lipinski definition) is 5. The van der Waals surface area contributed by atoms with Crippen LogP contribution in [0.15, 0.2) is 36.5 Å². The molecule has 0 saturated carbocycles. The number of hydrogen-bond donors (Lipinski definition) is 1. The Balaban J connectivity index is 2.44. The zero-order valence-corrected chi connectivity index (χ0v) is 10.4. The number of nitro groups is 1. The number of rotatable bonds is 4. The van der Waals surface area contributed by atoms with Gasteiger partial charge in [0.05, 0.1) is 4.92 Å². The number of pyridine rings is 1. The second kappa shape index (κ2) is 5.35. The highest BCUT2D eigenvalue weighted by molar-refractivity contribution is 5.91. The van der Waals surface area contributed by atoms with E-state index in [0.717, 1.165) is 17.8 Å². The maximum Gasteiger partial charge on any atom is 0.341 e. The van der Waals surface area contributed by atoms with Crippen molar-refractivity contribution in [2.24, 2.45) is 0 Å². The molecule has 0 unspecified atom stereocenters. The number of aromatic nitrogens is 1. The molecule has 0 bridgehead atoms. The molecular weight excluding hydrogens is 264 g/mol. The molecule has 1 N–H and O–H groups in total. The van der Waals surface area contributed by atoms with E-state index in [1.54, 1.807) is 25.1 Å². The van der Waals surface area contributed by atoms with Crippen LogP contribution in [0.5, 0.6) is 11.6 Å². The third-order valence-corrected chi connectivity index (χ3v) is 2.58. The normalized spacial score (nSPS) is 10.1. The Kier molecular flexibility index (Phi) is 3.60. The quantitative estimate of drug-likeness (QED) is 0.679. The fraction of sp³-hybridized carbons (Fsp3) is 0.0769. The number of carbonyl (C=O) groups is 1. The smallest absolute Gasteiger partial charge is 0.341 e. The molecule has 0 fully saturated rings. The molecule has 0 spiro atoms. The van der Waals surface area contributed by atoms with Crippen LogP contribution >= 0.6 is 0 Å². The lowest BCUT2D eigenvalue weighted by atomic mass is 10.2. The maximum absolute atomic E-state index is 11.1. The van der Waals surface area contributed by atoms with Gasteiger partial charge >= 0.3 is 5.97 Å². The van der Waals surface area contributed by atoms with Crippen molar-refractivity contribution in [1.82, 2.24) is 4.98 Å². The monoisotopic (exact) mass is 274 g/mol. The van der Waals surface area contributed by atoms with E-state index in [1.807, 2.05) is 6.07 Å². The maximum atomic E-state index is 11.1. The minimum Gasteiger partial charge on any atom is -0.477 e. The summed E-state index contributed by atoms with van der Waals surface area (Å²) in [5, 5.41) is 19.7. The lowest BCUT2D eigenvalue weighted by Gasteiger charge is -2.09. The molecule has 102 valence electrons. The fourth-order valence-electron chi connectivity index (χ4n) is 1.55. The summed E-state index contributed by atoms with van der Waals surface area (Å²) >= 11 is 0. The van der Waals surface area contributed by atoms with Crippen LogP contribution < -0.4 is 4.74 Å². The van der Waals surface area contributed by atoms with Gasteiger partial charge in [-0.25, -0.2) is 9.78 Å². The molecule has 0 saturated heterocycles. The zero-order chi connectivity index (χ0) is 14.7. The molecule has 2 rings (SSSR count). The van der Waals surface area contributed by atoms with E-state index in [9.17, 15) is 14.9 Å². The number of carboxylic acids is 1. The second-order valence-electron chi connectivity index (χ2n) is 3.98. The molecule has 1 aromatic carbocycles. The van der Waals surface area contributed by atoms with Gasteiger partial charge in [-0.3, -0.25) is 10.1 Å². The number of para-hydroxylation sites is 1. The molecule has 7 nitrogen and oxygen atoms in total. The van der Waals surface area contributed by atoms with Crippen molar-refractivity contribution >= 4 is 11.7 Å². The molecule has 0 aliphatic rings. The van der Waals surface area contributed by atoms with Crippen molar-refractivity contribution in [3.63, 3.8) is 0 Å².